The lowest BCUT2D eigenvalue weighted by Gasteiger charge is -2.16. The van der Waals surface area contributed by atoms with Crippen molar-refractivity contribution >= 4 is 5.97 Å². The largest absolute Gasteiger partial charge is 0.499 e. The van der Waals surface area contributed by atoms with E-state index in [0.717, 1.165) is 19.6 Å². The molecule has 0 bridgehead atoms. The van der Waals surface area contributed by atoms with E-state index >= 15 is 0 Å². The minimum Gasteiger partial charge on any atom is -0.499 e. The van der Waals surface area contributed by atoms with Crippen LogP contribution in [0.2, 0.25) is 0 Å². The maximum atomic E-state index is 11.4. The van der Waals surface area contributed by atoms with Crippen LogP contribution < -0.4 is 0 Å². The Morgan fingerprint density at radius 2 is 1.83 bits per heavy atom. The van der Waals surface area contributed by atoms with Crippen molar-refractivity contribution in [1.82, 2.24) is 4.90 Å². The van der Waals surface area contributed by atoms with Crippen molar-refractivity contribution in [2.24, 2.45) is 0 Å². The van der Waals surface area contributed by atoms with Gasteiger partial charge < -0.3 is 19.1 Å². The summed E-state index contributed by atoms with van der Waals surface area (Å²) < 4.78 is 15.1. The first-order valence-electron chi connectivity index (χ1n) is 6.42. The minimum absolute atomic E-state index is 0.173. The van der Waals surface area contributed by atoms with Crippen LogP contribution in [-0.4, -0.2) is 56.9 Å². The molecule has 0 amide bonds. The van der Waals surface area contributed by atoms with Crippen molar-refractivity contribution in [3.05, 3.63) is 12.8 Å². The summed E-state index contributed by atoms with van der Waals surface area (Å²) in [6.45, 7) is 11.9. The van der Waals surface area contributed by atoms with Crippen LogP contribution in [-0.2, 0) is 19.0 Å². The van der Waals surface area contributed by atoms with E-state index in [0.29, 0.717) is 32.8 Å². The zero-order valence-corrected chi connectivity index (χ0v) is 11.5. The second-order valence-corrected chi connectivity index (χ2v) is 3.65. The molecule has 0 N–H and O–H groups in total. The molecule has 0 fully saturated rings. The molecule has 0 aliphatic carbocycles. The van der Waals surface area contributed by atoms with Crippen LogP contribution in [0.5, 0.6) is 0 Å². The average Bonchev–Trinajstić information content (AvgIpc) is 2.39. The number of hydrogen-bond donors (Lipinski definition) is 0. The fraction of sp³-hybridized carbons (Fsp3) is 0.769. The highest BCUT2D eigenvalue weighted by atomic mass is 16.6. The number of carbonyl (C=O) groups excluding carboxylic acids is 1. The van der Waals surface area contributed by atoms with Crippen LogP contribution in [0.25, 0.3) is 0 Å². The second kappa shape index (κ2) is 12.4. The van der Waals surface area contributed by atoms with Gasteiger partial charge in [0.15, 0.2) is 0 Å². The quantitative estimate of drug-likeness (QED) is 0.301. The number of hydrogen-bond acceptors (Lipinski definition) is 5. The van der Waals surface area contributed by atoms with Crippen LogP contribution >= 0.6 is 0 Å². The third kappa shape index (κ3) is 10.1. The summed E-state index contributed by atoms with van der Waals surface area (Å²) in [6.07, 6.45) is 1.80. The molecule has 0 spiro atoms. The SMILES string of the molecule is C=COCCOCCOC(=O)CCN(CC)CC. The molecule has 0 aromatic carbocycles. The molecular formula is C13H25NO4. The molecule has 0 aliphatic heterocycles. The predicted molar refractivity (Wildman–Crippen MR) is 70.3 cm³/mol. The van der Waals surface area contributed by atoms with Gasteiger partial charge in [0.2, 0.25) is 0 Å². The van der Waals surface area contributed by atoms with E-state index in [1.54, 1.807) is 0 Å². The molecule has 0 atom stereocenters. The van der Waals surface area contributed by atoms with Gasteiger partial charge in [0, 0.05) is 6.54 Å². The second-order valence-electron chi connectivity index (χ2n) is 3.65. The lowest BCUT2D eigenvalue weighted by molar-refractivity contribution is -0.145. The maximum absolute atomic E-state index is 11.4. The van der Waals surface area contributed by atoms with E-state index in [1.165, 1.54) is 6.26 Å². The topological polar surface area (TPSA) is 48.0 Å². The normalized spacial score (nSPS) is 10.4. The van der Waals surface area contributed by atoms with Crippen molar-refractivity contribution < 1.29 is 19.0 Å². The molecule has 0 heterocycles. The minimum atomic E-state index is -0.173. The molecule has 0 saturated heterocycles. The highest BCUT2D eigenvalue weighted by molar-refractivity contribution is 5.69. The molecule has 0 rings (SSSR count). The van der Waals surface area contributed by atoms with Crippen LogP contribution in [0.3, 0.4) is 0 Å². The molecule has 0 saturated carbocycles. The van der Waals surface area contributed by atoms with Gasteiger partial charge >= 0.3 is 5.97 Å². The van der Waals surface area contributed by atoms with Gasteiger partial charge in [-0.25, -0.2) is 0 Å². The Morgan fingerprint density at radius 1 is 1.17 bits per heavy atom. The van der Waals surface area contributed by atoms with Gasteiger partial charge in [-0.2, -0.15) is 0 Å². The van der Waals surface area contributed by atoms with Gasteiger partial charge in [0.25, 0.3) is 0 Å². The summed E-state index contributed by atoms with van der Waals surface area (Å²) in [4.78, 5) is 13.6. The Hall–Kier alpha value is -1.07. The molecule has 0 aliphatic rings. The van der Waals surface area contributed by atoms with Gasteiger partial charge in [0.1, 0.15) is 13.2 Å². The van der Waals surface area contributed by atoms with Gasteiger partial charge in [-0.15, -0.1) is 0 Å². The molecule has 106 valence electrons. The Morgan fingerprint density at radius 3 is 2.44 bits per heavy atom. The molecule has 0 radical (unpaired) electrons. The molecule has 18 heavy (non-hydrogen) atoms. The van der Waals surface area contributed by atoms with Crippen molar-refractivity contribution in [2.45, 2.75) is 20.3 Å². The number of rotatable bonds is 12. The first-order chi connectivity index (χ1) is 8.74. The monoisotopic (exact) mass is 259 g/mol. The van der Waals surface area contributed by atoms with Crippen molar-refractivity contribution in [2.75, 3.05) is 46.1 Å². The van der Waals surface area contributed by atoms with Gasteiger partial charge in [0.05, 0.1) is 25.9 Å². The fourth-order valence-electron chi connectivity index (χ4n) is 1.37. The Bertz CT molecular complexity index is 217. The zero-order valence-electron chi connectivity index (χ0n) is 11.5. The van der Waals surface area contributed by atoms with Crippen molar-refractivity contribution in [1.29, 1.82) is 0 Å². The van der Waals surface area contributed by atoms with Crippen LogP contribution in [0, 0.1) is 0 Å². The van der Waals surface area contributed by atoms with E-state index in [1.807, 2.05) is 0 Å². The first kappa shape index (κ1) is 16.9. The summed E-state index contributed by atoms with van der Waals surface area (Å²) in [7, 11) is 0. The van der Waals surface area contributed by atoms with E-state index in [9.17, 15) is 4.79 Å². The van der Waals surface area contributed by atoms with Gasteiger partial charge in [-0.3, -0.25) is 4.79 Å². The maximum Gasteiger partial charge on any atom is 0.307 e. The predicted octanol–water partition coefficient (Wildman–Crippen LogP) is 1.44. The molecular weight excluding hydrogens is 234 g/mol. The van der Waals surface area contributed by atoms with Crippen molar-refractivity contribution in [3.63, 3.8) is 0 Å². The number of esters is 1. The Kier molecular flexibility index (Phi) is 11.7. The van der Waals surface area contributed by atoms with E-state index in [-0.39, 0.29) is 5.97 Å². The molecule has 0 unspecified atom stereocenters. The molecule has 0 aromatic rings. The summed E-state index contributed by atoms with van der Waals surface area (Å²) in [5, 5.41) is 0. The third-order valence-electron chi connectivity index (χ3n) is 2.48. The smallest absolute Gasteiger partial charge is 0.307 e. The highest BCUT2D eigenvalue weighted by Crippen LogP contribution is 1.93. The van der Waals surface area contributed by atoms with Crippen LogP contribution in [0.4, 0.5) is 0 Å². The van der Waals surface area contributed by atoms with Gasteiger partial charge in [-0.05, 0) is 13.1 Å². The first-order valence-corrected chi connectivity index (χ1v) is 6.42. The highest BCUT2D eigenvalue weighted by Gasteiger charge is 2.05. The molecule has 5 nitrogen and oxygen atoms in total. The molecule has 5 heteroatoms. The number of ether oxygens (including phenoxy) is 3. The summed E-state index contributed by atoms with van der Waals surface area (Å²) in [5.74, 6) is -0.173. The Balaban J connectivity index is 3.34. The zero-order chi connectivity index (χ0) is 13.6. The van der Waals surface area contributed by atoms with E-state index in [2.05, 4.69) is 25.3 Å². The average molecular weight is 259 g/mol. The van der Waals surface area contributed by atoms with Crippen LogP contribution in [0.15, 0.2) is 12.8 Å². The van der Waals surface area contributed by atoms with Crippen LogP contribution in [0.1, 0.15) is 20.3 Å². The number of carbonyl (C=O) groups is 1. The standard InChI is InChI=1S/C13H25NO4/c1-4-14(5-2)8-7-13(15)18-12-11-17-10-9-16-6-3/h6H,3-5,7-12H2,1-2H3. The summed E-state index contributed by atoms with van der Waals surface area (Å²) in [5.41, 5.74) is 0. The van der Waals surface area contributed by atoms with Crippen molar-refractivity contribution in [3.8, 4) is 0 Å². The lowest BCUT2D eigenvalue weighted by Crippen LogP contribution is -2.26. The Labute approximate surface area is 110 Å². The van der Waals surface area contributed by atoms with E-state index in [4.69, 9.17) is 14.2 Å². The third-order valence-corrected chi connectivity index (χ3v) is 2.48. The summed E-state index contributed by atoms with van der Waals surface area (Å²) in [6, 6.07) is 0. The van der Waals surface area contributed by atoms with Gasteiger partial charge in [-0.1, -0.05) is 20.4 Å². The molecule has 0 aromatic heterocycles. The van der Waals surface area contributed by atoms with E-state index < -0.39 is 0 Å². The fourth-order valence-corrected chi connectivity index (χ4v) is 1.37. The number of nitrogens with zero attached hydrogens (tertiary/aromatic N) is 1. The lowest BCUT2D eigenvalue weighted by atomic mass is 10.4. The summed E-state index contributed by atoms with van der Waals surface area (Å²) >= 11 is 0.